The summed E-state index contributed by atoms with van der Waals surface area (Å²) in [6, 6.07) is 12.7. The van der Waals surface area contributed by atoms with E-state index in [1.807, 2.05) is 18.2 Å². The van der Waals surface area contributed by atoms with Gasteiger partial charge in [0.1, 0.15) is 6.61 Å². The van der Waals surface area contributed by atoms with Crippen molar-refractivity contribution < 1.29 is 14.3 Å². The Kier molecular flexibility index (Phi) is 7.40. The van der Waals surface area contributed by atoms with E-state index in [4.69, 9.17) is 14.7 Å². The zero-order valence-corrected chi connectivity index (χ0v) is 14.9. The molecule has 136 valence electrons. The molecule has 2 amide bonds. The fraction of sp³-hybridized carbons (Fsp3) is 0.316. The highest BCUT2D eigenvalue weighted by Crippen LogP contribution is 2.08. The summed E-state index contributed by atoms with van der Waals surface area (Å²) >= 11 is 0. The van der Waals surface area contributed by atoms with Crippen molar-refractivity contribution in [2.75, 3.05) is 27.4 Å². The Balaban J connectivity index is 1.78. The van der Waals surface area contributed by atoms with Crippen molar-refractivity contribution >= 4 is 6.03 Å². The van der Waals surface area contributed by atoms with Gasteiger partial charge in [0.05, 0.1) is 18.2 Å². The van der Waals surface area contributed by atoms with Gasteiger partial charge in [-0.15, -0.1) is 0 Å². The van der Waals surface area contributed by atoms with Gasteiger partial charge in [0.25, 0.3) is 0 Å². The van der Waals surface area contributed by atoms with Gasteiger partial charge in [-0.25, -0.2) is 9.78 Å². The van der Waals surface area contributed by atoms with Crippen LogP contribution in [-0.4, -0.2) is 43.3 Å². The summed E-state index contributed by atoms with van der Waals surface area (Å²) in [6.45, 7) is 1.79. The fourth-order valence-electron chi connectivity index (χ4n) is 2.17. The first-order chi connectivity index (χ1) is 12.6. The molecule has 7 nitrogen and oxygen atoms in total. The highest BCUT2D eigenvalue weighted by molar-refractivity contribution is 5.73. The lowest BCUT2D eigenvalue weighted by atomic mass is 10.1. The van der Waals surface area contributed by atoms with Gasteiger partial charge in [-0.2, -0.15) is 5.26 Å². The number of pyridine rings is 1. The Labute approximate surface area is 153 Å². The number of carbonyl (C=O) groups is 1. The zero-order valence-electron chi connectivity index (χ0n) is 14.9. The molecule has 0 spiro atoms. The van der Waals surface area contributed by atoms with Crippen molar-refractivity contribution in [1.29, 1.82) is 5.26 Å². The minimum atomic E-state index is -0.185. The molecule has 1 N–H and O–H groups in total. The Morgan fingerprint density at radius 3 is 2.54 bits per heavy atom. The summed E-state index contributed by atoms with van der Waals surface area (Å²) in [6.07, 6.45) is 1.67. The number of hydrogen-bond acceptors (Lipinski definition) is 5. The van der Waals surface area contributed by atoms with Crippen molar-refractivity contribution in [3.8, 4) is 11.9 Å². The Morgan fingerprint density at radius 1 is 1.19 bits per heavy atom. The maximum absolute atomic E-state index is 12.2. The Morgan fingerprint density at radius 2 is 1.92 bits per heavy atom. The minimum Gasteiger partial charge on any atom is -0.475 e. The molecule has 0 bridgehead atoms. The molecule has 0 aliphatic rings. The highest BCUT2D eigenvalue weighted by Gasteiger charge is 2.09. The molecule has 26 heavy (non-hydrogen) atoms. The predicted octanol–water partition coefficient (Wildman–Crippen LogP) is 2.32. The van der Waals surface area contributed by atoms with E-state index in [1.165, 1.54) is 0 Å². The van der Waals surface area contributed by atoms with Gasteiger partial charge in [0.2, 0.25) is 5.88 Å². The summed E-state index contributed by atoms with van der Waals surface area (Å²) in [5.41, 5.74) is 2.44. The number of nitriles is 1. The summed E-state index contributed by atoms with van der Waals surface area (Å²) < 4.78 is 10.3. The molecule has 2 aromatic rings. The van der Waals surface area contributed by atoms with E-state index < -0.39 is 0 Å². The molecule has 0 saturated heterocycles. The maximum atomic E-state index is 12.2. The standard InChI is InChI=1S/C19H22N4O3/c1-23(14-16-5-3-15(11-20)4-6-16)19(24)22-13-17-7-8-18(21-12-17)26-10-9-25-2/h3-8,12H,9-10,13-14H2,1-2H3,(H,22,24). The second-order valence-corrected chi connectivity index (χ2v) is 5.67. The summed E-state index contributed by atoms with van der Waals surface area (Å²) in [5.74, 6) is 0.523. The number of nitrogens with zero attached hydrogens (tertiary/aromatic N) is 3. The second-order valence-electron chi connectivity index (χ2n) is 5.67. The number of benzene rings is 1. The minimum absolute atomic E-state index is 0.185. The van der Waals surface area contributed by atoms with Crippen LogP contribution in [0.2, 0.25) is 0 Å². The fourth-order valence-corrected chi connectivity index (χ4v) is 2.17. The van der Waals surface area contributed by atoms with Gasteiger partial charge < -0.3 is 19.7 Å². The predicted molar refractivity (Wildman–Crippen MR) is 96.5 cm³/mol. The summed E-state index contributed by atoms with van der Waals surface area (Å²) in [4.78, 5) is 18.0. The number of aromatic nitrogens is 1. The molecule has 1 heterocycles. The first-order valence-electron chi connectivity index (χ1n) is 8.17. The van der Waals surface area contributed by atoms with E-state index >= 15 is 0 Å². The van der Waals surface area contributed by atoms with E-state index in [-0.39, 0.29) is 6.03 Å². The van der Waals surface area contributed by atoms with Gasteiger partial charge in [0.15, 0.2) is 0 Å². The number of ether oxygens (including phenoxy) is 2. The van der Waals surface area contributed by atoms with Crippen LogP contribution < -0.4 is 10.1 Å². The van der Waals surface area contributed by atoms with Crippen LogP contribution in [0.5, 0.6) is 5.88 Å². The topological polar surface area (TPSA) is 87.5 Å². The number of nitrogens with one attached hydrogen (secondary N) is 1. The average Bonchev–Trinajstić information content (AvgIpc) is 2.68. The van der Waals surface area contributed by atoms with Crippen LogP contribution in [0.15, 0.2) is 42.6 Å². The Hall–Kier alpha value is -3.11. The molecule has 0 saturated carbocycles. The molecular weight excluding hydrogens is 332 g/mol. The SMILES string of the molecule is COCCOc1ccc(CNC(=O)N(C)Cc2ccc(C#N)cc2)cn1. The van der Waals surface area contributed by atoms with Crippen LogP contribution in [0.1, 0.15) is 16.7 Å². The largest absolute Gasteiger partial charge is 0.475 e. The molecule has 0 radical (unpaired) electrons. The lowest BCUT2D eigenvalue weighted by Gasteiger charge is -2.18. The number of methoxy groups -OCH3 is 1. The van der Waals surface area contributed by atoms with Gasteiger partial charge in [-0.3, -0.25) is 0 Å². The molecule has 0 unspecified atom stereocenters. The van der Waals surface area contributed by atoms with E-state index in [9.17, 15) is 4.79 Å². The molecule has 1 aromatic heterocycles. The van der Waals surface area contributed by atoms with Crippen molar-refractivity contribution in [2.45, 2.75) is 13.1 Å². The van der Waals surface area contributed by atoms with Crippen LogP contribution in [0, 0.1) is 11.3 Å². The molecule has 0 aliphatic carbocycles. The number of rotatable bonds is 8. The van der Waals surface area contributed by atoms with Crippen molar-refractivity contribution in [3.05, 3.63) is 59.3 Å². The van der Waals surface area contributed by atoms with Crippen molar-refractivity contribution in [1.82, 2.24) is 15.2 Å². The zero-order chi connectivity index (χ0) is 18.8. The Bertz CT molecular complexity index is 739. The smallest absolute Gasteiger partial charge is 0.317 e. The summed E-state index contributed by atoms with van der Waals surface area (Å²) in [7, 11) is 3.33. The highest BCUT2D eigenvalue weighted by atomic mass is 16.5. The molecule has 0 fully saturated rings. The van der Waals surface area contributed by atoms with Crippen LogP contribution in [0.25, 0.3) is 0 Å². The van der Waals surface area contributed by atoms with Gasteiger partial charge in [0, 0.05) is 39.5 Å². The number of urea groups is 1. The first kappa shape index (κ1) is 19.2. The number of amides is 2. The molecule has 2 rings (SSSR count). The molecule has 0 aliphatic heterocycles. The molecule has 1 aromatic carbocycles. The number of carbonyl (C=O) groups excluding carboxylic acids is 1. The lowest BCUT2D eigenvalue weighted by molar-refractivity contribution is 0.143. The third kappa shape index (κ3) is 6.07. The van der Waals surface area contributed by atoms with Crippen LogP contribution >= 0.6 is 0 Å². The average molecular weight is 354 g/mol. The maximum Gasteiger partial charge on any atom is 0.317 e. The van der Waals surface area contributed by atoms with E-state index in [1.54, 1.807) is 43.5 Å². The van der Waals surface area contributed by atoms with Crippen LogP contribution in [-0.2, 0) is 17.8 Å². The molecule has 0 atom stereocenters. The van der Waals surface area contributed by atoms with Gasteiger partial charge >= 0.3 is 6.03 Å². The van der Waals surface area contributed by atoms with Crippen molar-refractivity contribution in [3.63, 3.8) is 0 Å². The normalized spacial score (nSPS) is 10.0. The molecular formula is C19H22N4O3. The monoisotopic (exact) mass is 354 g/mol. The second kappa shape index (κ2) is 10.0. The lowest BCUT2D eigenvalue weighted by Crippen LogP contribution is -2.36. The van der Waals surface area contributed by atoms with Crippen molar-refractivity contribution in [2.24, 2.45) is 0 Å². The molecule has 7 heteroatoms. The van der Waals surface area contributed by atoms with E-state index in [0.717, 1.165) is 11.1 Å². The van der Waals surface area contributed by atoms with Gasteiger partial charge in [-0.1, -0.05) is 18.2 Å². The van der Waals surface area contributed by atoms with E-state index in [0.29, 0.717) is 37.7 Å². The number of hydrogen-bond donors (Lipinski definition) is 1. The quantitative estimate of drug-likeness (QED) is 0.735. The third-order valence-electron chi connectivity index (χ3n) is 3.63. The van der Waals surface area contributed by atoms with E-state index in [2.05, 4.69) is 16.4 Å². The summed E-state index contributed by atoms with van der Waals surface area (Å²) in [5, 5.41) is 11.7. The van der Waals surface area contributed by atoms with Crippen LogP contribution in [0.4, 0.5) is 4.79 Å². The van der Waals surface area contributed by atoms with Gasteiger partial charge in [-0.05, 0) is 23.3 Å². The van der Waals surface area contributed by atoms with Crippen LogP contribution in [0.3, 0.4) is 0 Å². The third-order valence-corrected chi connectivity index (χ3v) is 3.63. The first-order valence-corrected chi connectivity index (χ1v) is 8.17.